The molecule has 23 heavy (non-hydrogen) atoms. The standard InChI is InChI=1S/C18H19BFN3/c1-11-14(22)8-23-15-5-4-12(17(20)16(11)15)13-6-7-19(10-21)9-18(13,2)3/h4-6,8H,7,9,22H2,1-3H3. The van der Waals surface area contributed by atoms with Crippen molar-refractivity contribution in [2.24, 2.45) is 5.41 Å². The van der Waals surface area contributed by atoms with Crippen molar-refractivity contribution in [2.75, 3.05) is 5.73 Å². The number of pyridine rings is 1. The molecule has 0 amide bonds. The van der Waals surface area contributed by atoms with Gasteiger partial charge in [-0.1, -0.05) is 26.2 Å². The van der Waals surface area contributed by atoms with Crippen LogP contribution in [-0.4, -0.2) is 11.7 Å². The van der Waals surface area contributed by atoms with Crippen LogP contribution in [0.2, 0.25) is 12.6 Å². The first-order valence-electron chi connectivity index (χ1n) is 7.79. The number of aryl methyl sites for hydroxylation is 1. The van der Waals surface area contributed by atoms with Gasteiger partial charge in [0.15, 0.2) is 0 Å². The van der Waals surface area contributed by atoms with Crippen molar-refractivity contribution in [3.63, 3.8) is 0 Å². The van der Waals surface area contributed by atoms with Gasteiger partial charge in [-0.25, -0.2) is 9.65 Å². The number of hydrogen-bond acceptors (Lipinski definition) is 3. The Balaban J connectivity index is 2.22. The Hall–Kier alpha value is -2.35. The predicted molar refractivity (Wildman–Crippen MR) is 93.6 cm³/mol. The lowest BCUT2D eigenvalue weighted by molar-refractivity contribution is 0.546. The van der Waals surface area contributed by atoms with Crippen molar-refractivity contribution in [2.45, 2.75) is 33.4 Å². The minimum Gasteiger partial charge on any atom is -0.397 e. The Kier molecular flexibility index (Phi) is 3.64. The van der Waals surface area contributed by atoms with Gasteiger partial charge in [-0.2, -0.15) is 0 Å². The molecular formula is C18H19BFN3. The minimum absolute atomic E-state index is 0.00341. The second-order valence-electron chi connectivity index (χ2n) is 6.93. The quantitative estimate of drug-likeness (QED) is 0.801. The average Bonchev–Trinajstić information content (AvgIpc) is 2.51. The molecule has 3 nitrogen and oxygen atoms in total. The topological polar surface area (TPSA) is 62.7 Å². The maximum atomic E-state index is 15.2. The normalized spacial score (nSPS) is 17.0. The van der Waals surface area contributed by atoms with E-state index in [2.05, 4.69) is 24.8 Å². The van der Waals surface area contributed by atoms with E-state index >= 15 is 4.39 Å². The zero-order valence-electron chi connectivity index (χ0n) is 13.7. The Morgan fingerprint density at radius 1 is 1.39 bits per heavy atom. The van der Waals surface area contributed by atoms with E-state index in [9.17, 15) is 0 Å². The van der Waals surface area contributed by atoms with Gasteiger partial charge in [0.2, 0.25) is 0 Å². The highest BCUT2D eigenvalue weighted by molar-refractivity contribution is 6.68. The summed E-state index contributed by atoms with van der Waals surface area (Å²) in [5.74, 6) is 2.06. The number of nitrogens with two attached hydrogens (primary N) is 1. The maximum absolute atomic E-state index is 15.2. The van der Waals surface area contributed by atoms with Gasteiger partial charge < -0.3 is 5.73 Å². The molecule has 2 aromatic rings. The number of nitrogen functional groups attached to an aromatic ring is 1. The number of aromatic nitrogens is 1. The van der Waals surface area contributed by atoms with E-state index in [4.69, 9.17) is 11.0 Å². The van der Waals surface area contributed by atoms with Gasteiger partial charge in [0.25, 0.3) is 6.71 Å². The molecule has 0 saturated heterocycles. The Morgan fingerprint density at radius 3 is 2.78 bits per heavy atom. The monoisotopic (exact) mass is 307 g/mol. The number of fused-ring (bicyclic) bond motifs is 1. The molecule has 0 unspecified atom stereocenters. The van der Waals surface area contributed by atoms with Crippen molar-refractivity contribution < 1.29 is 4.39 Å². The molecule has 1 aromatic carbocycles. The first-order chi connectivity index (χ1) is 10.8. The lowest BCUT2D eigenvalue weighted by Gasteiger charge is -2.33. The molecule has 2 heterocycles. The third-order valence-electron chi connectivity index (χ3n) is 4.84. The van der Waals surface area contributed by atoms with Crippen LogP contribution in [-0.2, 0) is 0 Å². The molecule has 116 valence electrons. The molecule has 5 heteroatoms. The van der Waals surface area contributed by atoms with E-state index < -0.39 is 0 Å². The average molecular weight is 307 g/mol. The number of halogens is 1. The van der Waals surface area contributed by atoms with Crippen molar-refractivity contribution in [3.8, 4) is 5.97 Å². The van der Waals surface area contributed by atoms with E-state index in [1.165, 1.54) is 0 Å². The lowest BCUT2D eigenvalue weighted by atomic mass is 9.38. The van der Waals surface area contributed by atoms with E-state index in [-0.39, 0.29) is 17.9 Å². The van der Waals surface area contributed by atoms with Crippen LogP contribution in [0.3, 0.4) is 0 Å². The Bertz CT molecular complexity index is 865. The minimum atomic E-state index is -0.269. The summed E-state index contributed by atoms with van der Waals surface area (Å²) in [6, 6.07) is 3.63. The summed E-state index contributed by atoms with van der Waals surface area (Å²) >= 11 is 0. The summed E-state index contributed by atoms with van der Waals surface area (Å²) < 4.78 is 15.2. The van der Waals surface area contributed by atoms with Crippen molar-refractivity contribution in [1.29, 1.82) is 5.26 Å². The molecular weight excluding hydrogens is 288 g/mol. The fraction of sp³-hybridized carbons (Fsp3) is 0.333. The van der Waals surface area contributed by atoms with Gasteiger partial charge in [0.05, 0.1) is 17.4 Å². The van der Waals surface area contributed by atoms with E-state index in [0.29, 0.717) is 28.5 Å². The molecule has 0 spiro atoms. The molecule has 0 fully saturated rings. The van der Waals surface area contributed by atoms with Gasteiger partial charge in [-0.15, -0.1) is 0 Å². The van der Waals surface area contributed by atoms with Gasteiger partial charge in [-0.3, -0.25) is 4.98 Å². The van der Waals surface area contributed by atoms with Gasteiger partial charge in [0, 0.05) is 16.9 Å². The van der Waals surface area contributed by atoms with Crippen molar-refractivity contribution >= 4 is 28.9 Å². The fourth-order valence-corrected chi connectivity index (χ4v) is 3.54. The number of allylic oxidation sites excluding steroid dienone is 2. The molecule has 0 aliphatic carbocycles. The number of nitriles is 1. The third kappa shape index (κ3) is 2.48. The van der Waals surface area contributed by atoms with Crippen LogP contribution in [0, 0.1) is 29.4 Å². The van der Waals surface area contributed by atoms with Crippen LogP contribution in [0.5, 0.6) is 0 Å². The first kappa shape index (κ1) is 15.5. The Morgan fingerprint density at radius 2 is 2.13 bits per heavy atom. The van der Waals surface area contributed by atoms with Gasteiger partial charge in [-0.05, 0) is 41.9 Å². The molecule has 0 atom stereocenters. The van der Waals surface area contributed by atoms with Crippen LogP contribution >= 0.6 is 0 Å². The Labute approximate surface area is 136 Å². The zero-order chi connectivity index (χ0) is 16.8. The van der Waals surface area contributed by atoms with Crippen LogP contribution in [0.25, 0.3) is 16.5 Å². The molecule has 3 rings (SSSR count). The van der Waals surface area contributed by atoms with E-state index in [0.717, 1.165) is 17.5 Å². The molecule has 0 bridgehead atoms. The summed E-state index contributed by atoms with van der Waals surface area (Å²) in [4.78, 5) is 4.22. The highest BCUT2D eigenvalue weighted by Gasteiger charge is 2.35. The molecule has 2 N–H and O–H groups in total. The molecule has 1 aliphatic heterocycles. The highest BCUT2D eigenvalue weighted by Crippen LogP contribution is 2.45. The van der Waals surface area contributed by atoms with Gasteiger partial charge >= 0.3 is 0 Å². The molecule has 1 aromatic heterocycles. The smallest absolute Gasteiger partial charge is 0.272 e. The van der Waals surface area contributed by atoms with E-state index in [1.54, 1.807) is 12.3 Å². The predicted octanol–water partition coefficient (Wildman–Crippen LogP) is 4.25. The number of nitrogens with zero attached hydrogens (tertiary/aromatic N) is 2. The zero-order valence-corrected chi connectivity index (χ0v) is 13.7. The lowest BCUT2D eigenvalue weighted by Crippen LogP contribution is -2.27. The largest absolute Gasteiger partial charge is 0.397 e. The van der Waals surface area contributed by atoms with Crippen LogP contribution < -0.4 is 5.73 Å². The second-order valence-corrected chi connectivity index (χ2v) is 6.93. The third-order valence-corrected chi connectivity index (χ3v) is 4.84. The number of hydrogen-bond donors (Lipinski definition) is 1. The molecule has 1 aliphatic rings. The SMILES string of the molecule is Cc1c(N)cnc2ccc(C3=CCB(C#N)CC3(C)C)c(F)c12. The molecule has 0 radical (unpaired) electrons. The molecule has 0 saturated carbocycles. The fourth-order valence-electron chi connectivity index (χ4n) is 3.54. The van der Waals surface area contributed by atoms with Crippen LogP contribution in [0.15, 0.2) is 24.4 Å². The summed E-state index contributed by atoms with van der Waals surface area (Å²) in [6.07, 6.45) is 4.98. The first-order valence-corrected chi connectivity index (χ1v) is 7.79. The summed E-state index contributed by atoms with van der Waals surface area (Å²) in [5.41, 5.74) is 9.04. The summed E-state index contributed by atoms with van der Waals surface area (Å²) in [7, 11) is 0. The summed E-state index contributed by atoms with van der Waals surface area (Å²) in [6.45, 7) is 5.95. The second kappa shape index (κ2) is 5.38. The maximum Gasteiger partial charge on any atom is 0.272 e. The van der Waals surface area contributed by atoms with Crippen LogP contribution in [0.4, 0.5) is 10.1 Å². The van der Waals surface area contributed by atoms with Crippen molar-refractivity contribution in [1.82, 2.24) is 4.98 Å². The summed E-state index contributed by atoms with van der Waals surface area (Å²) in [5, 5.41) is 9.66. The number of rotatable bonds is 1. The number of anilines is 1. The van der Waals surface area contributed by atoms with Gasteiger partial charge in [0.1, 0.15) is 5.82 Å². The van der Waals surface area contributed by atoms with Crippen molar-refractivity contribution in [3.05, 3.63) is 41.3 Å². The highest BCUT2D eigenvalue weighted by atomic mass is 19.1. The number of benzene rings is 1. The van der Waals surface area contributed by atoms with E-state index in [1.807, 2.05) is 19.1 Å². The van der Waals surface area contributed by atoms with Crippen LogP contribution in [0.1, 0.15) is 25.0 Å².